The molecule has 108 valence electrons. The maximum Gasteiger partial charge on any atom is 0.0780 e. The zero-order valence-electron chi connectivity index (χ0n) is 11.7. The minimum absolute atomic E-state index is 0.360. The van der Waals surface area contributed by atoms with E-state index in [2.05, 4.69) is 44.3 Å². The molecule has 2 fully saturated rings. The Balaban J connectivity index is 1.53. The van der Waals surface area contributed by atoms with Crippen LogP contribution in [0.4, 0.5) is 0 Å². The van der Waals surface area contributed by atoms with Crippen LogP contribution in [0.5, 0.6) is 0 Å². The maximum absolute atomic E-state index is 5.92. The van der Waals surface area contributed by atoms with Gasteiger partial charge in [-0.1, -0.05) is 28.1 Å². The summed E-state index contributed by atoms with van der Waals surface area (Å²) < 4.78 is 7.18. The van der Waals surface area contributed by atoms with Gasteiger partial charge in [-0.2, -0.15) is 0 Å². The Morgan fingerprint density at radius 2 is 2.40 bits per heavy atom. The van der Waals surface area contributed by atoms with Gasteiger partial charge in [0.15, 0.2) is 0 Å². The lowest BCUT2D eigenvalue weighted by Gasteiger charge is -2.37. The Labute approximate surface area is 128 Å². The molecule has 0 spiro atoms. The van der Waals surface area contributed by atoms with Gasteiger partial charge in [-0.15, -0.1) is 0 Å². The normalized spacial score (nSPS) is 33.1. The van der Waals surface area contributed by atoms with Crippen LogP contribution < -0.4 is 5.32 Å². The highest BCUT2D eigenvalue weighted by atomic mass is 79.9. The van der Waals surface area contributed by atoms with Crippen LogP contribution in [0.15, 0.2) is 22.7 Å². The summed E-state index contributed by atoms with van der Waals surface area (Å²) in [5, 5.41) is 3.52. The van der Waals surface area contributed by atoms with Gasteiger partial charge in [-0.05, 0) is 30.0 Å². The first-order chi connectivity index (χ1) is 9.77. The molecule has 1 aromatic rings. The molecule has 2 saturated heterocycles. The van der Waals surface area contributed by atoms with E-state index < -0.39 is 0 Å². The summed E-state index contributed by atoms with van der Waals surface area (Å²) in [5.74, 6) is 0. The van der Waals surface area contributed by atoms with Gasteiger partial charge in [-0.25, -0.2) is 0 Å². The molecule has 0 radical (unpaired) electrons. The average molecular weight is 337 g/mol. The Morgan fingerprint density at radius 1 is 1.45 bits per heavy atom. The molecule has 0 unspecified atom stereocenters. The van der Waals surface area contributed by atoms with Crippen molar-refractivity contribution in [2.75, 3.05) is 32.8 Å². The molecule has 20 heavy (non-hydrogen) atoms. The number of hydrogen-bond donors (Lipinski definition) is 1. The third-order valence-electron chi connectivity index (χ3n) is 5.24. The van der Waals surface area contributed by atoms with Crippen LogP contribution in [0, 0.1) is 5.41 Å². The number of benzene rings is 1. The van der Waals surface area contributed by atoms with Crippen LogP contribution in [0.25, 0.3) is 0 Å². The average Bonchev–Trinajstić information content (AvgIpc) is 2.99. The largest absolute Gasteiger partial charge is 0.376 e. The number of ether oxygens (including phenoxy) is 1. The van der Waals surface area contributed by atoms with Gasteiger partial charge < -0.3 is 10.1 Å². The van der Waals surface area contributed by atoms with Crippen LogP contribution >= 0.6 is 15.9 Å². The third kappa shape index (κ3) is 2.13. The summed E-state index contributed by atoms with van der Waals surface area (Å²) in [4.78, 5) is 2.63. The van der Waals surface area contributed by atoms with Crippen molar-refractivity contribution >= 4 is 15.9 Å². The fourth-order valence-corrected chi connectivity index (χ4v) is 4.62. The van der Waals surface area contributed by atoms with E-state index in [4.69, 9.17) is 4.74 Å². The first-order valence-electron chi connectivity index (χ1n) is 7.58. The standard InChI is InChI=1S/C16H21BrN2O/c17-14-3-1-2-12-4-6-19(9-13(12)14)11-16-5-7-20-15(16)8-18-10-16/h1-3,15,18H,4-11H2/t15-,16+/m0/s1. The summed E-state index contributed by atoms with van der Waals surface area (Å²) in [7, 11) is 0. The molecule has 3 heterocycles. The predicted molar refractivity (Wildman–Crippen MR) is 82.8 cm³/mol. The molecule has 3 aliphatic rings. The lowest BCUT2D eigenvalue weighted by atomic mass is 9.82. The topological polar surface area (TPSA) is 24.5 Å². The second-order valence-corrected chi connectivity index (χ2v) is 7.30. The van der Waals surface area contributed by atoms with Crippen molar-refractivity contribution in [1.82, 2.24) is 10.2 Å². The first kappa shape index (κ1) is 13.3. The monoisotopic (exact) mass is 336 g/mol. The van der Waals surface area contributed by atoms with Gasteiger partial charge in [0, 0.05) is 49.2 Å². The van der Waals surface area contributed by atoms with Crippen LogP contribution in [-0.4, -0.2) is 43.8 Å². The molecule has 0 amide bonds. The molecule has 1 aromatic carbocycles. The van der Waals surface area contributed by atoms with Crippen molar-refractivity contribution in [3.8, 4) is 0 Å². The van der Waals surface area contributed by atoms with E-state index >= 15 is 0 Å². The smallest absolute Gasteiger partial charge is 0.0780 e. The fourth-order valence-electron chi connectivity index (χ4n) is 4.08. The van der Waals surface area contributed by atoms with Crippen LogP contribution in [0.3, 0.4) is 0 Å². The zero-order chi connectivity index (χ0) is 13.6. The minimum Gasteiger partial charge on any atom is -0.376 e. The van der Waals surface area contributed by atoms with Gasteiger partial charge >= 0.3 is 0 Å². The molecule has 0 bridgehead atoms. The highest BCUT2D eigenvalue weighted by Gasteiger charge is 2.48. The lowest BCUT2D eigenvalue weighted by Crippen LogP contribution is -2.44. The van der Waals surface area contributed by atoms with Gasteiger partial charge in [-0.3, -0.25) is 4.90 Å². The Morgan fingerprint density at radius 3 is 3.35 bits per heavy atom. The summed E-state index contributed by atoms with van der Waals surface area (Å²) in [6, 6.07) is 6.59. The fraction of sp³-hybridized carbons (Fsp3) is 0.625. The van der Waals surface area contributed by atoms with Crippen molar-refractivity contribution in [3.05, 3.63) is 33.8 Å². The van der Waals surface area contributed by atoms with E-state index in [0.717, 1.165) is 26.2 Å². The van der Waals surface area contributed by atoms with Crippen LogP contribution in [0.1, 0.15) is 17.5 Å². The highest BCUT2D eigenvalue weighted by Crippen LogP contribution is 2.39. The van der Waals surface area contributed by atoms with E-state index in [1.54, 1.807) is 0 Å². The summed E-state index contributed by atoms with van der Waals surface area (Å²) >= 11 is 3.71. The van der Waals surface area contributed by atoms with Gasteiger partial charge in [0.2, 0.25) is 0 Å². The Hall–Kier alpha value is -0.420. The molecule has 0 aliphatic carbocycles. The van der Waals surface area contributed by atoms with E-state index in [1.165, 1.54) is 41.5 Å². The SMILES string of the molecule is Brc1cccc2c1CN(C[C@]13CCO[C@H]1CNC3)CC2. The molecule has 4 heteroatoms. The van der Waals surface area contributed by atoms with Gasteiger partial charge in [0.1, 0.15) is 0 Å². The second kappa shape index (κ2) is 5.09. The van der Waals surface area contributed by atoms with E-state index in [0.29, 0.717) is 11.5 Å². The minimum atomic E-state index is 0.360. The summed E-state index contributed by atoms with van der Waals surface area (Å²) in [6.45, 7) is 6.53. The summed E-state index contributed by atoms with van der Waals surface area (Å²) in [5.41, 5.74) is 3.35. The molecule has 2 atom stereocenters. The molecule has 4 rings (SSSR count). The van der Waals surface area contributed by atoms with E-state index in [-0.39, 0.29) is 0 Å². The molecule has 1 N–H and O–H groups in total. The maximum atomic E-state index is 5.92. The molecule has 0 saturated carbocycles. The second-order valence-electron chi connectivity index (χ2n) is 6.44. The number of halogens is 1. The highest BCUT2D eigenvalue weighted by molar-refractivity contribution is 9.10. The van der Waals surface area contributed by atoms with E-state index in [9.17, 15) is 0 Å². The third-order valence-corrected chi connectivity index (χ3v) is 5.99. The lowest BCUT2D eigenvalue weighted by molar-refractivity contribution is 0.0584. The number of hydrogen-bond acceptors (Lipinski definition) is 3. The number of nitrogens with zero attached hydrogens (tertiary/aromatic N) is 1. The van der Waals surface area contributed by atoms with Crippen LogP contribution in [0.2, 0.25) is 0 Å². The molecule has 3 nitrogen and oxygen atoms in total. The molecule has 3 aliphatic heterocycles. The van der Waals surface area contributed by atoms with Crippen molar-refractivity contribution in [2.45, 2.75) is 25.5 Å². The number of fused-ring (bicyclic) bond motifs is 2. The van der Waals surface area contributed by atoms with Crippen molar-refractivity contribution in [2.24, 2.45) is 5.41 Å². The first-order valence-corrected chi connectivity index (χ1v) is 8.37. The number of nitrogens with one attached hydrogen (secondary N) is 1. The zero-order valence-corrected chi connectivity index (χ0v) is 13.3. The van der Waals surface area contributed by atoms with Crippen molar-refractivity contribution in [3.63, 3.8) is 0 Å². The quantitative estimate of drug-likeness (QED) is 0.895. The van der Waals surface area contributed by atoms with Crippen molar-refractivity contribution < 1.29 is 4.74 Å². The molecule has 0 aromatic heterocycles. The van der Waals surface area contributed by atoms with Crippen LogP contribution in [-0.2, 0) is 17.7 Å². The van der Waals surface area contributed by atoms with Gasteiger partial charge in [0.25, 0.3) is 0 Å². The Kier molecular flexibility index (Phi) is 3.38. The molecular formula is C16H21BrN2O. The summed E-state index contributed by atoms with van der Waals surface area (Å²) in [6.07, 6.45) is 2.82. The predicted octanol–water partition coefficient (Wildman–Crippen LogP) is 2.19. The molecular weight excluding hydrogens is 316 g/mol. The van der Waals surface area contributed by atoms with Gasteiger partial charge in [0.05, 0.1) is 6.10 Å². The van der Waals surface area contributed by atoms with Crippen molar-refractivity contribution in [1.29, 1.82) is 0 Å². The number of rotatable bonds is 2. The Bertz CT molecular complexity index is 509. The van der Waals surface area contributed by atoms with E-state index in [1.807, 2.05) is 0 Å².